The second-order valence-electron chi connectivity index (χ2n) is 4.22. The van der Waals surface area contributed by atoms with Gasteiger partial charge in [-0.2, -0.15) is 9.97 Å². The maximum atomic E-state index is 5.63. The molecule has 0 unspecified atom stereocenters. The Balaban J connectivity index is 2.16. The van der Waals surface area contributed by atoms with E-state index in [2.05, 4.69) is 24.9 Å². The van der Waals surface area contributed by atoms with Crippen LogP contribution in [-0.4, -0.2) is 31.5 Å². The number of hydrogen-bond donors (Lipinski definition) is 2. The van der Waals surface area contributed by atoms with Crippen LogP contribution in [0.4, 0.5) is 11.8 Å². The van der Waals surface area contributed by atoms with Crippen molar-refractivity contribution in [3.8, 4) is 17.1 Å². The summed E-state index contributed by atoms with van der Waals surface area (Å²) in [5.74, 6) is 0.860. The Morgan fingerprint density at radius 2 is 1.90 bits per heavy atom. The first-order valence-electron chi connectivity index (χ1n) is 6.32. The zero-order valence-electron chi connectivity index (χ0n) is 11.3. The zero-order valence-corrected chi connectivity index (χ0v) is 11.3. The van der Waals surface area contributed by atoms with E-state index in [1.807, 2.05) is 13.0 Å². The smallest absolute Gasteiger partial charge is 0.247 e. The molecule has 8 nitrogen and oxygen atoms in total. The Kier molecular flexibility index (Phi) is 3.19. The SMILES string of the molecule is CCOc1nc(N)nc2ncc(-c3ccc(N)nc3)nc12. The van der Waals surface area contributed by atoms with Gasteiger partial charge in [0.2, 0.25) is 11.8 Å². The van der Waals surface area contributed by atoms with Crippen LogP contribution in [0.5, 0.6) is 5.88 Å². The summed E-state index contributed by atoms with van der Waals surface area (Å²) in [6.45, 7) is 2.30. The molecule has 0 radical (unpaired) electrons. The first kappa shape index (κ1) is 13.0. The van der Waals surface area contributed by atoms with Crippen LogP contribution in [0.2, 0.25) is 0 Å². The van der Waals surface area contributed by atoms with Crippen molar-refractivity contribution in [2.45, 2.75) is 6.92 Å². The lowest BCUT2D eigenvalue weighted by Crippen LogP contribution is -2.04. The van der Waals surface area contributed by atoms with Crippen LogP contribution in [0.1, 0.15) is 6.92 Å². The Morgan fingerprint density at radius 1 is 1.05 bits per heavy atom. The normalized spacial score (nSPS) is 10.7. The first-order valence-corrected chi connectivity index (χ1v) is 6.32. The molecular formula is C13H13N7O. The lowest BCUT2D eigenvalue weighted by molar-refractivity contribution is 0.330. The van der Waals surface area contributed by atoms with E-state index in [4.69, 9.17) is 16.2 Å². The van der Waals surface area contributed by atoms with Crippen LogP contribution in [0.3, 0.4) is 0 Å². The molecule has 21 heavy (non-hydrogen) atoms. The molecule has 0 atom stereocenters. The summed E-state index contributed by atoms with van der Waals surface area (Å²) < 4.78 is 5.44. The second-order valence-corrected chi connectivity index (χ2v) is 4.22. The monoisotopic (exact) mass is 283 g/mol. The van der Waals surface area contributed by atoms with E-state index in [0.717, 1.165) is 5.56 Å². The highest BCUT2D eigenvalue weighted by Gasteiger charge is 2.12. The number of anilines is 2. The van der Waals surface area contributed by atoms with Gasteiger partial charge in [0.25, 0.3) is 0 Å². The van der Waals surface area contributed by atoms with Crippen molar-refractivity contribution in [2.24, 2.45) is 0 Å². The molecule has 0 amide bonds. The molecule has 0 saturated heterocycles. The summed E-state index contributed by atoms with van der Waals surface area (Å²) in [5.41, 5.74) is 13.5. The highest BCUT2D eigenvalue weighted by molar-refractivity contribution is 5.79. The summed E-state index contributed by atoms with van der Waals surface area (Å²) in [4.78, 5) is 20.9. The van der Waals surface area contributed by atoms with Crippen molar-refractivity contribution in [1.29, 1.82) is 0 Å². The fourth-order valence-electron chi connectivity index (χ4n) is 1.83. The van der Waals surface area contributed by atoms with Crippen molar-refractivity contribution in [1.82, 2.24) is 24.9 Å². The van der Waals surface area contributed by atoms with Crippen LogP contribution in [0, 0.1) is 0 Å². The van der Waals surface area contributed by atoms with Gasteiger partial charge in [-0.05, 0) is 19.1 Å². The predicted octanol–water partition coefficient (Wildman–Crippen LogP) is 1.04. The summed E-state index contributed by atoms with van der Waals surface area (Å²) in [6, 6.07) is 3.51. The van der Waals surface area contributed by atoms with Crippen LogP contribution >= 0.6 is 0 Å². The van der Waals surface area contributed by atoms with E-state index in [9.17, 15) is 0 Å². The fourth-order valence-corrected chi connectivity index (χ4v) is 1.83. The number of nitrogen functional groups attached to an aromatic ring is 2. The molecule has 0 aliphatic carbocycles. The summed E-state index contributed by atoms with van der Waals surface area (Å²) >= 11 is 0. The fraction of sp³-hybridized carbons (Fsp3) is 0.154. The second kappa shape index (κ2) is 5.16. The molecule has 0 aromatic carbocycles. The van der Waals surface area contributed by atoms with E-state index >= 15 is 0 Å². The number of ether oxygens (including phenoxy) is 1. The maximum Gasteiger partial charge on any atom is 0.247 e. The van der Waals surface area contributed by atoms with Gasteiger partial charge >= 0.3 is 0 Å². The number of nitrogens with zero attached hydrogens (tertiary/aromatic N) is 5. The van der Waals surface area contributed by atoms with E-state index in [-0.39, 0.29) is 5.95 Å². The number of aromatic nitrogens is 5. The zero-order chi connectivity index (χ0) is 14.8. The summed E-state index contributed by atoms with van der Waals surface area (Å²) in [6.07, 6.45) is 3.22. The first-order chi connectivity index (χ1) is 10.2. The van der Waals surface area contributed by atoms with Crippen molar-refractivity contribution in [2.75, 3.05) is 18.1 Å². The molecule has 3 rings (SSSR count). The molecule has 0 bridgehead atoms. The molecule has 0 aliphatic rings. The molecular weight excluding hydrogens is 270 g/mol. The van der Waals surface area contributed by atoms with Gasteiger partial charge in [-0.3, -0.25) is 0 Å². The van der Waals surface area contributed by atoms with Gasteiger partial charge in [-0.25, -0.2) is 15.0 Å². The topological polar surface area (TPSA) is 126 Å². The number of nitrogens with two attached hydrogens (primary N) is 2. The van der Waals surface area contributed by atoms with E-state index in [0.29, 0.717) is 35.2 Å². The quantitative estimate of drug-likeness (QED) is 0.730. The molecule has 106 valence electrons. The molecule has 0 spiro atoms. The molecule has 3 aromatic heterocycles. The minimum Gasteiger partial charge on any atom is -0.476 e. The van der Waals surface area contributed by atoms with Crippen LogP contribution in [0.15, 0.2) is 24.5 Å². The minimum atomic E-state index is 0.0992. The molecule has 3 heterocycles. The lowest BCUT2D eigenvalue weighted by Gasteiger charge is -2.07. The average Bonchev–Trinajstić information content (AvgIpc) is 2.48. The largest absolute Gasteiger partial charge is 0.476 e. The van der Waals surface area contributed by atoms with E-state index in [1.54, 1.807) is 18.5 Å². The predicted molar refractivity (Wildman–Crippen MR) is 78.4 cm³/mol. The van der Waals surface area contributed by atoms with Crippen molar-refractivity contribution < 1.29 is 4.74 Å². The number of fused-ring (bicyclic) bond motifs is 1. The molecule has 0 fully saturated rings. The maximum absolute atomic E-state index is 5.63. The number of rotatable bonds is 3. The molecule has 8 heteroatoms. The molecule has 0 aliphatic heterocycles. The van der Waals surface area contributed by atoms with Gasteiger partial charge in [-0.15, -0.1) is 0 Å². The minimum absolute atomic E-state index is 0.0992. The third-order valence-corrected chi connectivity index (χ3v) is 2.76. The van der Waals surface area contributed by atoms with E-state index in [1.165, 1.54) is 0 Å². The third kappa shape index (κ3) is 2.50. The molecule has 3 aromatic rings. The van der Waals surface area contributed by atoms with E-state index < -0.39 is 0 Å². The van der Waals surface area contributed by atoms with Crippen molar-refractivity contribution >= 4 is 22.9 Å². The van der Waals surface area contributed by atoms with Crippen LogP contribution in [-0.2, 0) is 0 Å². The van der Waals surface area contributed by atoms with Gasteiger partial charge in [0, 0.05) is 11.8 Å². The van der Waals surface area contributed by atoms with Gasteiger partial charge in [0.05, 0.1) is 18.5 Å². The van der Waals surface area contributed by atoms with Crippen LogP contribution < -0.4 is 16.2 Å². The average molecular weight is 283 g/mol. The van der Waals surface area contributed by atoms with Crippen molar-refractivity contribution in [3.63, 3.8) is 0 Å². The van der Waals surface area contributed by atoms with Crippen LogP contribution in [0.25, 0.3) is 22.4 Å². The van der Waals surface area contributed by atoms with Gasteiger partial charge < -0.3 is 16.2 Å². The Morgan fingerprint density at radius 3 is 2.62 bits per heavy atom. The standard InChI is InChI=1S/C13H13N7O/c1-2-21-12-10-11(19-13(15)20-12)17-6-8(18-10)7-3-4-9(14)16-5-7/h3-6H,2H2,1H3,(H2,14,16)(H2,15,17,19,20). The van der Waals surface area contributed by atoms with Gasteiger partial charge in [-0.1, -0.05) is 0 Å². The summed E-state index contributed by atoms with van der Waals surface area (Å²) in [7, 11) is 0. The molecule has 4 N–H and O–H groups in total. The Hall–Kier alpha value is -3.03. The van der Waals surface area contributed by atoms with Gasteiger partial charge in [0.1, 0.15) is 5.82 Å². The highest BCUT2D eigenvalue weighted by atomic mass is 16.5. The summed E-state index contributed by atoms with van der Waals surface area (Å²) in [5, 5.41) is 0. The molecule has 0 saturated carbocycles. The lowest BCUT2D eigenvalue weighted by atomic mass is 10.2. The van der Waals surface area contributed by atoms with Crippen molar-refractivity contribution in [3.05, 3.63) is 24.5 Å². The number of pyridine rings is 1. The Bertz CT molecular complexity index is 788. The Labute approximate surface area is 120 Å². The third-order valence-electron chi connectivity index (χ3n) is 2.76. The van der Waals surface area contributed by atoms with Gasteiger partial charge in [0.15, 0.2) is 11.2 Å². The highest BCUT2D eigenvalue weighted by Crippen LogP contribution is 2.24. The number of hydrogen-bond acceptors (Lipinski definition) is 8.